The predicted molar refractivity (Wildman–Crippen MR) is 61.3 cm³/mol. The van der Waals surface area contributed by atoms with E-state index >= 15 is 0 Å². The Morgan fingerprint density at radius 1 is 1.00 bits per heavy atom. The minimum atomic E-state index is 0.559. The fraction of sp³-hybridized carbons (Fsp3) is 0.500. The van der Waals surface area contributed by atoms with Gasteiger partial charge in [0.1, 0.15) is 12.4 Å². The highest BCUT2D eigenvalue weighted by molar-refractivity contribution is 5.32. The smallest absolute Gasteiger partial charge is 0.119 e. The molecule has 0 radical (unpaired) electrons. The highest BCUT2D eigenvalue weighted by Gasteiger charge is 1.96. The Kier molecular flexibility index (Phi) is 5.15. The highest BCUT2D eigenvalue weighted by atomic mass is 16.5. The largest absolute Gasteiger partial charge is 0.491 e. The molecule has 84 valence electrons. The lowest BCUT2D eigenvalue weighted by molar-refractivity contribution is 0.106. The first kappa shape index (κ1) is 12.0. The van der Waals surface area contributed by atoms with Crippen LogP contribution >= 0.6 is 0 Å². The number of aryl methyl sites for hydroxylation is 2. The summed E-state index contributed by atoms with van der Waals surface area (Å²) in [6.07, 6.45) is 0. The van der Waals surface area contributed by atoms with Crippen molar-refractivity contribution in [1.29, 1.82) is 0 Å². The van der Waals surface area contributed by atoms with Crippen molar-refractivity contribution in [1.82, 2.24) is 0 Å². The highest BCUT2D eigenvalue weighted by Crippen LogP contribution is 2.15. The Morgan fingerprint density at radius 3 is 2.27 bits per heavy atom. The van der Waals surface area contributed by atoms with E-state index in [1.165, 1.54) is 11.1 Å². The number of nitrogens with two attached hydrogens (primary N) is 1. The van der Waals surface area contributed by atoms with Gasteiger partial charge in [0, 0.05) is 6.54 Å². The van der Waals surface area contributed by atoms with Crippen LogP contribution in [0, 0.1) is 13.8 Å². The van der Waals surface area contributed by atoms with Gasteiger partial charge >= 0.3 is 0 Å². The average molecular weight is 209 g/mol. The van der Waals surface area contributed by atoms with Crippen molar-refractivity contribution in [3.8, 4) is 5.75 Å². The summed E-state index contributed by atoms with van der Waals surface area (Å²) in [6, 6.07) is 6.17. The van der Waals surface area contributed by atoms with Gasteiger partial charge in [-0.2, -0.15) is 0 Å². The summed E-state index contributed by atoms with van der Waals surface area (Å²) >= 11 is 0. The molecule has 1 aromatic rings. The minimum absolute atomic E-state index is 0.559. The SMILES string of the molecule is Cc1cc(C)cc(OCCOCCN)c1. The van der Waals surface area contributed by atoms with E-state index in [0.717, 1.165) is 5.75 Å². The maximum absolute atomic E-state index is 5.55. The zero-order valence-corrected chi connectivity index (χ0v) is 9.45. The van der Waals surface area contributed by atoms with Gasteiger partial charge in [-0.1, -0.05) is 6.07 Å². The van der Waals surface area contributed by atoms with Gasteiger partial charge in [0.2, 0.25) is 0 Å². The molecule has 3 heteroatoms. The quantitative estimate of drug-likeness (QED) is 0.725. The molecule has 0 fully saturated rings. The number of rotatable bonds is 6. The first-order valence-electron chi connectivity index (χ1n) is 5.21. The van der Waals surface area contributed by atoms with E-state index in [0.29, 0.717) is 26.4 Å². The predicted octanol–water partition coefficient (Wildman–Crippen LogP) is 1.66. The van der Waals surface area contributed by atoms with Gasteiger partial charge in [-0.3, -0.25) is 0 Å². The molecule has 0 amide bonds. The molecule has 0 unspecified atom stereocenters. The number of benzene rings is 1. The zero-order chi connectivity index (χ0) is 11.1. The summed E-state index contributed by atoms with van der Waals surface area (Å²) in [5.41, 5.74) is 7.73. The summed E-state index contributed by atoms with van der Waals surface area (Å²) in [5, 5.41) is 0. The summed E-state index contributed by atoms with van der Waals surface area (Å²) in [5.74, 6) is 0.906. The van der Waals surface area contributed by atoms with E-state index in [2.05, 4.69) is 19.9 Å². The lowest BCUT2D eigenvalue weighted by Crippen LogP contribution is -2.13. The zero-order valence-electron chi connectivity index (χ0n) is 9.45. The molecule has 15 heavy (non-hydrogen) atoms. The third-order valence-corrected chi connectivity index (χ3v) is 1.95. The van der Waals surface area contributed by atoms with Crippen LogP contribution in [0.15, 0.2) is 18.2 Å². The first-order valence-corrected chi connectivity index (χ1v) is 5.21. The van der Waals surface area contributed by atoms with Crippen LogP contribution in [0.25, 0.3) is 0 Å². The molecule has 2 N–H and O–H groups in total. The van der Waals surface area contributed by atoms with Crippen LogP contribution in [0.5, 0.6) is 5.75 Å². The molecule has 0 spiro atoms. The van der Waals surface area contributed by atoms with Crippen molar-refractivity contribution >= 4 is 0 Å². The van der Waals surface area contributed by atoms with Crippen molar-refractivity contribution in [2.24, 2.45) is 5.73 Å². The molecule has 0 aromatic heterocycles. The molecule has 1 aromatic carbocycles. The lowest BCUT2D eigenvalue weighted by atomic mass is 10.1. The van der Waals surface area contributed by atoms with E-state index in [1.54, 1.807) is 0 Å². The van der Waals surface area contributed by atoms with Gasteiger partial charge in [0.15, 0.2) is 0 Å². The number of ether oxygens (including phenoxy) is 2. The van der Waals surface area contributed by atoms with Crippen molar-refractivity contribution < 1.29 is 9.47 Å². The van der Waals surface area contributed by atoms with Crippen LogP contribution < -0.4 is 10.5 Å². The van der Waals surface area contributed by atoms with Crippen LogP contribution in [-0.2, 0) is 4.74 Å². The second-order valence-corrected chi connectivity index (χ2v) is 3.57. The van der Waals surface area contributed by atoms with Gasteiger partial charge < -0.3 is 15.2 Å². The standard InChI is InChI=1S/C12H19NO2/c1-10-7-11(2)9-12(8-10)15-6-5-14-4-3-13/h7-9H,3-6,13H2,1-2H3. The summed E-state index contributed by atoms with van der Waals surface area (Å²) in [4.78, 5) is 0. The van der Waals surface area contributed by atoms with Crippen molar-refractivity contribution in [3.63, 3.8) is 0 Å². The minimum Gasteiger partial charge on any atom is -0.491 e. The van der Waals surface area contributed by atoms with E-state index in [1.807, 2.05) is 12.1 Å². The molecule has 0 bridgehead atoms. The molecule has 1 rings (SSSR count). The molecule has 0 aliphatic rings. The summed E-state index contributed by atoms with van der Waals surface area (Å²) in [7, 11) is 0. The van der Waals surface area contributed by atoms with E-state index in [9.17, 15) is 0 Å². The topological polar surface area (TPSA) is 44.5 Å². The van der Waals surface area contributed by atoms with Gasteiger partial charge in [-0.15, -0.1) is 0 Å². The molecule has 3 nitrogen and oxygen atoms in total. The van der Waals surface area contributed by atoms with Crippen molar-refractivity contribution in [2.75, 3.05) is 26.4 Å². The normalized spacial score (nSPS) is 10.3. The third-order valence-electron chi connectivity index (χ3n) is 1.95. The van der Waals surface area contributed by atoms with Gasteiger partial charge in [-0.05, 0) is 37.1 Å². The third kappa shape index (κ3) is 4.81. The van der Waals surface area contributed by atoms with Crippen LogP contribution in [0.2, 0.25) is 0 Å². The summed E-state index contributed by atoms with van der Waals surface area (Å²) in [6.45, 7) is 6.43. The van der Waals surface area contributed by atoms with Gasteiger partial charge in [0.25, 0.3) is 0 Å². The first-order chi connectivity index (χ1) is 7.22. The lowest BCUT2D eigenvalue weighted by Gasteiger charge is -2.08. The fourth-order valence-electron chi connectivity index (χ4n) is 1.42. The molecule has 0 heterocycles. The molecule has 0 aliphatic carbocycles. The average Bonchev–Trinajstić information content (AvgIpc) is 2.16. The van der Waals surface area contributed by atoms with E-state index in [-0.39, 0.29) is 0 Å². The fourth-order valence-corrected chi connectivity index (χ4v) is 1.42. The molecule has 0 atom stereocenters. The van der Waals surface area contributed by atoms with Gasteiger partial charge in [0.05, 0.1) is 13.2 Å². The maximum atomic E-state index is 5.55. The second-order valence-electron chi connectivity index (χ2n) is 3.57. The van der Waals surface area contributed by atoms with Crippen LogP contribution in [0.4, 0.5) is 0 Å². The van der Waals surface area contributed by atoms with Crippen molar-refractivity contribution in [3.05, 3.63) is 29.3 Å². The Balaban J connectivity index is 2.31. The maximum Gasteiger partial charge on any atom is 0.119 e. The van der Waals surface area contributed by atoms with Gasteiger partial charge in [-0.25, -0.2) is 0 Å². The summed E-state index contributed by atoms with van der Waals surface area (Å²) < 4.78 is 10.8. The molecular formula is C12H19NO2. The van der Waals surface area contributed by atoms with Crippen molar-refractivity contribution in [2.45, 2.75) is 13.8 Å². The number of hydrogen-bond acceptors (Lipinski definition) is 3. The number of hydrogen-bond donors (Lipinski definition) is 1. The molecular weight excluding hydrogens is 190 g/mol. The van der Waals surface area contributed by atoms with E-state index < -0.39 is 0 Å². The second kappa shape index (κ2) is 6.43. The van der Waals surface area contributed by atoms with E-state index in [4.69, 9.17) is 15.2 Å². The van der Waals surface area contributed by atoms with Crippen LogP contribution in [-0.4, -0.2) is 26.4 Å². The molecule has 0 saturated heterocycles. The Morgan fingerprint density at radius 2 is 1.67 bits per heavy atom. The monoisotopic (exact) mass is 209 g/mol. The van der Waals surface area contributed by atoms with Crippen LogP contribution in [0.3, 0.4) is 0 Å². The molecule has 0 aliphatic heterocycles. The molecule has 0 saturated carbocycles. The van der Waals surface area contributed by atoms with Crippen LogP contribution in [0.1, 0.15) is 11.1 Å². The Hall–Kier alpha value is -1.06. The Labute approximate surface area is 91.2 Å². The Bertz CT molecular complexity index is 279.